The van der Waals surface area contributed by atoms with E-state index < -0.39 is 12.2 Å². The van der Waals surface area contributed by atoms with Gasteiger partial charge < -0.3 is 0 Å². The van der Waals surface area contributed by atoms with E-state index in [9.17, 15) is 18.0 Å². The lowest BCUT2D eigenvalue weighted by Crippen LogP contribution is -2.00. The molecule has 0 aliphatic carbocycles. The zero-order valence-corrected chi connectivity index (χ0v) is 11.0. The third kappa shape index (κ3) is 2.59. The molecule has 2 rings (SSSR count). The van der Waals surface area contributed by atoms with Gasteiger partial charge in [0.2, 0.25) is 0 Å². The average molecular weight is 282 g/mol. The van der Waals surface area contributed by atoms with Crippen molar-refractivity contribution < 1.29 is 18.0 Å². The van der Waals surface area contributed by atoms with Gasteiger partial charge in [0.05, 0.1) is 11.1 Å². The quantitative estimate of drug-likeness (QED) is 0.794. The lowest BCUT2D eigenvalue weighted by atomic mass is 10.1. The Bertz CT molecular complexity index is 635. The van der Waals surface area contributed by atoms with Crippen LogP contribution in [0.2, 0.25) is 0 Å². The van der Waals surface area contributed by atoms with Gasteiger partial charge in [-0.3, -0.25) is 9.48 Å². The minimum absolute atomic E-state index is 0.0325. The lowest BCUT2D eigenvalue weighted by molar-refractivity contribution is 0.111. The molecule has 0 fully saturated rings. The first kappa shape index (κ1) is 14.3. The first-order valence-corrected chi connectivity index (χ1v) is 6.06. The number of aromatic nitrogens is 2. The van der Waals surface area contributed by atoms with Gasteiger partial charge >= 0.3 is 0 Å². The molecule has 0 bridgehead atoms. The maximum absolute atomic E-state index is 13.6. The van der Waals surface area contributed by atoms with E-state index in [0.717, 1.165) is 6.07 Å². The molecular formula is C14H13F3N2O. The molecule has 2 aromatic rings. The van der Waals surface area contributed by atoms with Crippen molar-refractivity contribution in [1.82, 2.24) is 9.78 Å². The minimum atomic E-state index is -2.70. The van der Waals surface area contributed by atoms with Crippen LogP contribution in [0.15, 0.2) is 24.4 Å². The van der Waals surface area contributed by atoms with Crippen molar-refractivity contribution in [1.29, 1.82) is 0 Å². The maximum atomic E-state index is 13.6. The largest absolute Gasteiger partial charge is 0.298 e. The van der Waals surface area contributed by atoms with E-state index in [1.165, 1.54) is 23.0 Å². The van der Waals surface area contributed by atoms with Crippen LogP contribution in [0, 0.1) is 5.82 Å². The lowest BCUT2D eigenvalue weighted by Gasteiger charge is -2.04. The van der Waals surface area contributed by atoms with Gasteiger partial charge in [-0.15, -0.1) is 0 Å². The van der Waals surface area contributed by atoms with Crippen LogP contribution in [-0.2, 0) is 0 Å². The Morgan fingerprint density at radius 1 is 1.30 bits per heavy atom. The molecule has 1 heterocycles. The Balaban J connectivity index is 2.56. The molecule has 0 saturated heterocycles. The number of carbonyl (C=O) groups excluding carboxylic acids is 1. The number of nitrogens with zero attached hydrogens (tertiary/aromatic N) is 2. The highest BCUT2D eigenvalue weighted by Gasteiger charge is 2.20. The molecule has 20 heavy (non-hydrogen) atoms. The van der Waals surface area contributed by atoms with Crippen LogP contribution < -0.4 is 0 Å². The number of hydrogen-bond donors (Lipinski definition) is 0. The summed E-state index contributed by atoms with van der Waals surface area (Å²) in [5, 5.41) is 4.08. The topological polar surface area (TPSA) is 34.9 Å². The van der Waals surface area contributed by atoms with Gasteiger partial charge in [-0.25, -0.2) is 13.2 Å². The van der Waals surface area contributed by atoms with Crippen molar-refractivity contribution in [3.8, 4) is 11.3 Å². The molecule has 3 nitrogen and oxygen atoms in total. The molecule has 0 unspecified atom stereocenters. The number of hydrogen-bond acceptors (Lipinski definition) is 2. The van der Waals surface area contributed by atoms with Gasteiger partial charge in [-0.1, -0.05) is 6.07 Å². The third-order valence-electron chi connectivity index (χ3n) is 2.93. The van der Waals surface area contributed by atoms with E-state index in [2.05, 4.69) is 5.10 Å². The van der Waals surface area contributed by atoms with Gasteiger partial charge in [0.25, 0.3) is 6.43 Å². The molecular weight excluding hydrogens is 269 g/mol. The summed E-state index contributed by atoms with van der Waals surface area (Å²) < 4.78 is 41.1. The summed E-state index contributed by atoms with van der Waals surface area (Å²) in [6.07, 6.45) is -1.07. The molecule has 0 radical (unpaired) electrons. The highest BCUT2D eigenvalue weighted by Crippen LogP contribution is 2.31. The maximum Gasteiger partial charge on any atom is 0.267 e. The van der Waals surface area contributed by atoms with Crippen LogP contribution in [0.25, 0.3) is 11.3 Å². The zero-order valence-electron chi connectivity index (χ0n) is 11.0. The van der Waals surface area contributed by atoms with Gasteiger partial charge in [-0.2, -0.15) is 5.10 Å². The molecule has 106 valence electrons. The SMILES string of the molecule is CC(C)n1cc(C(F)F)c(-c2ccc(C=O)c(F)c2)n1. The van der Waals surface area contributed by atoms with Gasteiger partial charge in [0.15, 0.2) is 6.29 Å². The summed E-state index contributed by atoms with van der Waals surface area (Å²) in [5.74, 6) is -0.753. The molecule has 0 atom stereocenters. The Hall–Kier alpha value is -2.11. The molecule has 0 aliphatic rings. The highest BCUT2D eigenvalue weighted by molar-refractivity contribution is 5.77. The van der Waals surface area contributed by atoms with Crippen molar-refractivity contribution in [3.63, 3.8) is 0 Å². The second kappa shape index (κ2) is 5.48. The zero-order chi connectivity index (χ0) is 14.9. The molecule has 0 spiro atoms. The number of rotatable bonds is 4. The molecule has 0 saturated carbocycles. The summed E-state index contributed by atoms with van der Waals surface area (Å²) in [5.41, 5.74) is -0.111. The Morgan fingerprint density at radius 3 is 2.50 bits per heavy atom. The first-order valence-electron chi connectivity index (χ1n) is 6.06. The number of carbonyl (C=O) groups is 1. The van der Waals surface area contributed by atoms with Crippen molar-refractivity contribution in [2.45, 2.75) is 26.3 Å². The molecule has 1 aromatic heterocycles. The number of alkyl halides is 2. The van der Waals surface area contributed by atoms with Gasteiger partial charge in [-0.05, 0) is 26.0 Å². The van der Waals surface area contributed by atoms with Crippen molar-refractivity contribution in [2.24, 2.45) is 0 Å². The number of benzene rings is 1. The van der Waals surface area contributed by atoms with Gasteiger partial charge in [0, 0.05) is 17.8 Å². The van der Waals surface area contributed by atoms with Crippen molar-refractivity contribution in [3.05, 3.63) is 41.3 Å². The normalized spacial score (nSPS) is 11.3. The molecule has 1 aromatic carbocycles. The van der Waals surface area contributed by atoms with Crippen LogP contribution in [0.1, 0.15) is 42.2 Å². The Morgan fingerprint density at radius 2 is 2.00 bits per heavy atom. The first-order chi connectivity index (χ1) is 9.43. The summed E-state index contributed by atoms with van der Waals surface area (Å²) >= 11 is 0. The average Bonchev–Trinajstić information content (AvgIpc) is 2.84. The van der Waals surface area contributed by atoms with E-state index in [1.807, 2.05) is 13.8 Å². The van der Waals surface area contributed by atoms with Crippen LogP contribution in [0.5, 0.6) is 0 Å². The molecule has 0 aliphatic heterocycles. The summed E-state index contributed by atoms with van der Waals surface area (Å²) in [4.78, 5) is 10.6. The predicted octanol–water partition coefficient (Wildman–Crippen LogP) is 4.02. The standard InChI is InChI=1S/C14H13F3N2O/c1-8(2)19-6-11(14(16)17)13(18-19)9-3-4-10(7-20)12(15)5-9/h3-8,14H,1-2H3. The van der Waals surface area contributed by atoms with E-state index in [0.29, 0.717) is 6.29 Å². The fraction of sp³-hybridized carbons (Fsp3) is 0.286. The van der Waals surface area contributed by atoms with Crippen molar-refractivity contribution >= 4 is 6.29 Å². The summed E-state index contributed by atoms with van der Waals surface area (Å²) in [6, 6.07) is 3.62. The Kier molecular flexibility index (Phi) is 3.92. The van der Waals surface area contributed by atoms with Crippen LogP contribution in [-0.4, -0.2) is 16.1 Å². The molecule has 6 heteroatoms. The summed E-state index contributed by atoms with van der Waals surface area (Å²) in [6.45, 7) is 3.62. The highest BCUT2D eigenvalue weighted by atomic mass is 19.3. The minimum Gasteiger partial charge on any atom is -0.298 e. The molecule has 0 amide bonds. The fourth-order valence-electron chi connectivity index (χ4n) is 1.82. The number of halogens is 3. The second-order valence-corrected chi connectivity index (χ2v) is 4.66. The van der Waals surface area contributed by atoms with Crippen molar-refractivity contribution in [2.75, 3.05) is 0 Å². The van der Waals surface area contributed by atoms with Crippen LogP contribution in [0.3, 0.4) is 0 Å². The van der Waals surface area contributed by atoms with E-state index in [1.54, 1.807) is 0 Å². The van der Waals surface area contributed by atoms with E-state index >= 15 is 0 Å². The second-order valence-electron chi connectivity index (χ2n) is 4.66. The fourth-order valence-corrected chi connectivity index (χ4v) is 1.82. The predicted molar refractivity (Wildman–Crippen MR) is 68.4 cm³/mol. The number of aldehydes is 1. The van der Waals surface area contributed by atoms with E-state index in [-0.39, 0.29) is 28.4 Å². The smallest absolute Gasteiger partial charge is 0.267 e. The molecule has 0 N–H and O–H groups in total. The van der Waals surface area contributed by atoms with Crippen LogP contribution in [0.4, 0.5) is 13.2 Å². The Labute approximate surface area is 114 Å². The van der Waals surface area contributed by atoms with Crippen LogP contribution >= 0.6 is 0 Å². The monoisotopic (exact) mass is 282 g/mol. The van der Waals surface area contributed by atoms with E-state index in [4.69, 9.17) is 0 Å². The van der Waals surface area contributed by atoms with Gasteiger partial charge in [0.1, 0.15) is 11.5 Å². The summed E-state index contributed by atoms with van der Waals surface area (Å²) in [7, 11) is 0. The third-order valence-corrected chi connectivity index (χ3v) is 2.93.